The van der Waals surface area contributed by atoms with Crippen LogP contribution in [0.1, 0.15) is 47.0 Å². The Hall–Kier alpha value is -3.69. The molecule has 0 saturated carbocycles. The molecule has 0 aliphatic carbocycles. The Labute approximate surface area is 176 Å². The zero-order valence-corrected chi connectivity index (χ0v) is 16.8. The van der Waals surface area contributed by atoms with Crippen molar-refractivity contribution in [1.82, 2.24) is 20.3 Å². The molecule has 1 aliphatic heterocycles. The number of hydrogen-bond acceptors (Lipinski definition) is 6. The number of rotatable bonds is 4. The summed E-state index contributed by atoms with van der Waals surface area (Å²) in [4.78, 5) is 39.0. The highest BCUT2D eigenvalue weighted by Gasteiger charge is 2.39. The molecule has 1 N–H and O–H groups in total. The van der Waals surface area contributed by atoms with Crippen LogP contribution in [-0.2, 0) is 10.7 Å². The lowest BCUT2D eigenvalue weighted by Crippen LogP contribution is -2.47. The Balaban J connectivity index is 1.54. The van der Waals surface area contributed by atoms with Crippen LogP contribution in [0.4, 0.5) is 14.6 Å². The van der Waals surface area contributed by atoms with Gasteiger partial charge >= 0.3 is 11.8 Å². The largest absolute Gasteiger partial charge is 0.431 e. The first-order valence-corrected chi connectivity index (χ1v) is 9.58. The van der Waals surface area contributed by atoms with E-state index in [1.165, 1.54) is 48.6 Å². The van der Waals surface area contributed by atoms with Gasteiger partial charge < -0.3 is 9.73 Å². The highest BCUT2D eigenvalue weighted by molar-refractivity contribution is 6.01. The monoisotopic (exact) mass is 427 g/mol. The molecule has 3 heterocycles. The third-order valence-corrected chi connectivity index (χ3v) is 5.16. The topological polar surface area (TPSA) is 101 Å². The minimum atomic E-state index is -3.46. The third-order valence-electron chi connectivity index (χ3n) is 5.16. The number of carbonyl (C=O) groups excluding carboxylic acids is 2. The van der Waals surface area contributed by atoms with Crippen LogP contribution >= 0.6 is 0 Å². The second kappa shape index (κ2) is 7.86. The first-order chi connectivity index (χ1) is 14.8. The number of carbonyl (C=O) groups is 2. The van der Waals surface area contributed by atoms with E-state index in [0.717, 1.165) is 6.20 Å². The van der Waals surface area contributed by atoms with E-state index in [1.54, 1.807) is 6.07 Å². The first-order valence-electron chi connectivity index (χ1n) is 9.58. The van der Waals surface area contributed by atoms with Crippen LogP contribution in [0.5, 0.6) is 0 Å². The number of hydrogen-bond donors (Lipinski definition) is 1. The number of fused-ring (bicyclic) bond motifs is 1. The molecule has 0 saturated heterocycles. The summed E-state index contributed by atoms with van der Waals surface area (Å²) in [6.45, 7) is 1.86. The molecular formula is C21H19F2N5O3. The van der Waals surface area contributed by atoms with Crippen LogP contribution in [0.2, 0.25) is 0 Å². The van der Waals surface area contributed by atoms with Gasteiger partial charge in [0, 0.05) is 30.9 Å². The average Bonchev–Trinajstić information content (AvgIpc) is 3.27. The Morgan fingerprint density at radius 1 is 1.19 bits per heavy atom. The smallest absolute Gasteiger partial charge is 0.331 e. The van der Waals surface area contributed by atoms with Crippen LogP contribution in [0, 0.1) is 0 Å². The molecule has 2 amide bonds. The van der Waals surface area contributed by atoms with Gasteiger partial charge in [0.25, 0.3) is 11.8 Å². The molecule has 0 radical (unpaired) electrons. The maximum atomic E-state index is 14.7. The summed E-state index contributed by atoms with van der Waals surface area (Å²) in [7, 11) is 1.54. The minimum Gasteiger partial charge on any atom is -0.431 e. The highest BCUT2D eigenvalue weighted by Crippen LogP contribution is 2.36. The summed E-state index contributed by atoms with van der Waals surface area (Å²) in [6.07, 6.45) is 4.09. The number of likely N-dealkylation sites (N-methyl/N-ethyl adjacent to an activating group) is 1. The van der Waals surface area contributed by atoms with Crippen molar-refractivity contribution >= 4 is 17.6 Å². The molecule has 2 atom stereocenters. The average molecular weight is 427 g/mol. The molecule has 1 unspecified atom stereocenters. The Kier molecular flexibility index (Phi) is 5.22. The maximum absolute atomic E-state index is 14.7. The standard InChI is InChI=1S/C21H19F2N5O3/c1-12-10-14(20(30)28(2)17-16(12)24-8-9-25-17)27-18(29)19-26-11-15(31-19)21(22,23)13-6-4-3-5-7-13/h3-9,11-12,14H,10H2,1-2H3,(H,27,29)/t12?,14-/m0/s1. The molecule has 0 spiro atoms. The Bertz CT molecular complexity index is 1120. The number of oxazole rings is 1. The molecule has 4 rings (SSSR count). The van der Waals surface area contributed by atoms with Crippen molar-refractivity contribution in [1.29, 1.82) is 0 Å². The zero-order valence-electron chi connectivity index (χ0n) is 16.8. The molecule has 2 aromatic heterocycles. The fourth-order valence-electron chi connectivity index (χ4n) is 3.51. The van der Waals surface area contributed by atoms with Gasteiger partial charge in [-0.05, 0) is 6.42 Å². The van der Waals surface area contributed by atoms with Gasteiger partial charge in [-0.3, -0.25) is 19.5 Å². The van der Waals surface area contributed by atoms with Crippen molar-refractivity contribution in [2.75, 3.05) is 11.9 Å². The number of nitrogens with zero attached hydrogens (tertiary/aromatic N) is 4. The van der Waals surface area contributed by atoms with Crippen molar-refractivity contribution in [3.05, 3.63) is 71.8 Å². The maximum Gasteiger partial charge on any atom is 0.331 e. The van der Waals surface area contributed by atoms with Gasteiger partial charge in [0.05, 0.1) is 11.9 Å². The summed E-state index contributed by atoms with van der Waals surface area (Å²) >= 11 is 0. The van der Waals surface area contributed by atoms with Crippen LogP contribution in [0.25, 0.3) is 0 Å². The fraction of sp³-hybridized carbons (Fsp3) is 0.286. The summed E-state index contributed by atoms with van der Waals surface area (Å²) in [5, 5.41) is 2.54. The summed E-state index contributed by atoms with van der Waals surface area (Å²) < 4.78 is 34.4. The molecule has 31 heavy (non-hydrogen) atoms. The predicted octanol–water partition coefficient (Wildman–Crippen LogP) is 2.87. The molecular weight excluding hydrogens is 408 g/mol. The number of aromatic nitrogens is 3. The Morgan fingerprint density at radius 3 is 2.65 bits per heavy atom. The molecule has 8 nitrogen and oxygen atoms in total. The SMILES string of the molecule is CC1C[C@H](NC(=O)c2ncc(C(F)(F)c3ccccc3)o2)C(=O)N(C)c2nccnc21. The fourth-order valence-corrected chi connectivity index (χ4v) is 3.51. The van der Waals surface area contributed by atoms with E-state index in [2.05, 4.69) is 20.3 Å². The number of anilines is 1. The van der Waals surface area contributed by atoms with Gasteiger partial charge in [0.1, 0.15) is 6.04 Å². The summed E-state index contributed by atoms with van der Waals surface area (Å²) in [5.41, 5.74) is 0.348. The van der Waals surface area contributed by atoms with E-state index in [1.807, 2.05) is 6.92 Å². The number of benzene rings is 1. The van der Waals surface area contributed by atoms with Gasteiger partial charge in [0.2, 0.25) is 0 Å². The van der Waals surface area contributed by atoms with Crippen molar-refractivity contribution in [2.24, 2.45) is 0 Å². The second-order valence-corrected chi connectivity index (χ2v) is 7.30. The van der Waals surface area contributed by atoms with Crippen LogP contribution < -0.4 is 10.2 Å². The van der Waals surface area contributed by atoms with Crippen molar-refractivity contribution < 1.29 is 22.8 Å². The number of alkyl halides is 2. The van der Waals surface area contributed by atoms with Crippen LogP contribution in [0.15, 0.2) is 53.3 Å². The molecule has 1 aromatic carbocycles. The highest BCUT2D eigenvalue weighted by atomic mass is 19.3. The summed E-state index contributed by atoms with van der Waals surface area (Å²) in [5.74, 6) is -5.79. The molecule has 10 heteroatoms. The molecule has 3 aromatic rings. The third kappa shape index (κ3) is 3.76. The normalized spacial score (nSPS) is 19.0. The lowest BCUT2D eigenvalue weighted by molar-refractivity contribution is -0.120. The van der Waals surface area contributed by atoms with Gasteiger partial charge in [0.15, 0.2) is 11.6 Å². The van der Waals surface area contributed by atoms with E-state index in [0.29, 0.717) is 11.5 Å². The van der Waals surface area contributed by atoms with E-state index < -0.39 is 35.4 Å². The van der Waals surface area contributed by atoms with E-state index in [9.17, 15) is 18.4 Å². The first kappa shape index (κ1) is 20.6. The van der Waals surface area contributed by atoms with Gasteiger partial charge in [-0.1, -0.05) is 37.3 Å². The van der Waals surface area contributed by atoms with E-state index >= 15 is 0 Å². The second-order valence-electron chi connectivity index (χ2n) is 7.30. The van der Waals surface area contributed by atoms with Gasteiger partial charge in [-0.25, -0.2) is 9.97 Å². The molecule has 1 aliphatic rings. The van der Waals surface area contributed by atoms with Crippen LogP contribution in [0.3, 0.4) is 0 Å². The molecule has 160 valence electrons. The molecule has 0 fully saturated rings. The lowest BCUT2D eigenvalue weighted by atomic mass is 9.99. The predicted molar refractivity (Wildman–Crippen MR) is 106 cm³/mol. The van der Waals surface area contributed by atoms with Crippen molar-refractivity contribution in [3.63, 3.8) is 0 Å². The number of halogens is 2. The van der Waals surface area contributed by atoms with E-state index in [4.69, 9.17) is 4.42 Å². The minimum absolute atomic E-state index is 0.176. The molecule has 0 bridgehead atoms. The Morgan fingerprint density at radius 2 is 1.90 bits per heavy atom. The summed E-state index contributed by atoms with van der Waals surface area (Å²) in [6, 6.07) is 6.15. The van der Waals surface area contributed by atoms with Gasteiger partial charge in [-0.2, -0.15) is 8.78 Å². The quantitative estimate of drug-likeness (QED) is 0.687. The number of amides is 2. The van der Waals surface area contributed by atoms with Crippen LogP contribution in [-0.4, -0.2) is 39.9 Å². The van der Waals surface area contributed by atoms with Crippen molar-refractivity contribution in [3.8, 4) is 0 Å². The lowest BCUT2D eigenvalue weighted by Gasteiger charge is -2.20. The van der Waals surface area contributed by atoms with Gasteiger partial charge in [-0.15, -0.1) is 0 Å². The van der Waals surface area contributed by atoms with E-state index in [-0.39, 0.29) is 17.9 Å². The number of nitrogens with one attached hydrogen (secondary N) is 1. The zero-order chi connectivity index (χ0) is 22.2. The van der Waals surface area contributed by atoms with Crippen molar-refractivity contribution in [2.45, 2.75) is 31.2 Å².